The van der Waals surface area contributed by atoms with Gasteiger partial charge in [-0.15, -0.1) is 0 Å². The first-order valence-electron chi connectivity index (χ1n) is 5.21. The lowest BCUT2D eigenvalue weighted by molar-refractivity contribution is 0.0781. The highest BCUT2D eigenvalue weighted by Crippen LogP contribution is 2.09. The van der Waals surface area contributed by atoms with E-state index in [4.69, 9.17) is 4.52 Å². The predicted molar refractivity (Wildman–Crippen MR) is 66.1 cm³/mol. The molecule has 7 heteroatoms. The van der Waals surface area contributed by atoms with Crippen LogP contribution in [0.25, 0.3) is 0 Å². The molecule has 2 heterocycles. The number of carbonyl (C=O) groups is 1. The van der Waals surface area contributed by atoms with Gasteiger partial charge in [-0.05, 0) is 6.26 Å². The second kappa shape index (κ2) is 5.63. The van der Waals surface area contributed by atoms with Crippen molar-refractivity contribution in [2.24, 2.45) is 0 Å². The minimum Gasteiger partial charge on any atom is -0.364 e. The van der Waals surface area contributed by atoms with Crippen LogP contribution < -0.4 is 0 Å². The van der Waals surface area contributed by atoms with Gasteiger partial charge >= 0.3 is 0 Å². The molecule has 0 aromatic carbocycles. The van der Waals surface area contributed by atoms with Gasteiger partial charge in [0, 0.05) is 25.5 Å². The molecular formula is C11H12N4O2S. The Morgan fingerprint density at radius 2 is 2.17 bits per heavy atom. The minimum absolute atomic E-state index is 0.148. The van der Waals surface area contributed by atoms with Gasteiger partial charge in [-0.1, -0.05) is 16.9 Å². The van der Waals surface area contributed by atoms with E-state index in [-0.39, 0.29) is 5.91 Å². The van der Waals surface area contributed by atoms with Crippen molar-refractivity contribution in [3.63, 3.8) is 0 Å². The second-order valence-electron chi connectivity index (χ2n) is 3.61. The quantitative estimate of drug-likeness (QED) is 0.615. The van der Waals surface area contributed by atoms with Crippen molar-refractivity contribution in [3.8, 4) is 0 Å². The summed E-state index contributed by atoms with van der Waals surface area (Å²) in [6, 6.07) is 1.72. The Morgan fingerprint density at radius 3 is 2.72 bits per heavy atom. The fraction of sp³-hybridized carbons (Fsp3) is 0.273. The maximum absolute atomic E-state index is 12.1. The Balaban J connectivity index is 2.05. The Hall–Kier alpha value is -1.89. The Labute approximate surface area is 108 Å². The van der Waals surface area contributed by atoms with Crippen LogP contribution in [-0.4, -0.2) is 39.2 Å². The molecule has 0 unspecified atom stereocenters. The average Bonchev–Trinajstić information content (AvgIpc) is 2.91. The van der Waals surface area contributed by atoms with E-state index in [9.17, 15) is 4.79 Å². The Bertz CT molecular complexity index is 512. The average molecular weight is 264 g/mol. The monoisotopic (exact) mass is 264 g/mol. The van der Waals surface area contributed by atoms with Gasteiger partial charge in [0.15, 0.2) is 5.16 Å². The highest BCUT2D eigenvalue weighted by Gasteiger charge is 2.14. The largest absolute Gasteiger partial charge is 0.364 e. The topological polar surface area (TPSA) is 72.1 Å². The number of nitrogens with zero attached hydrogens (tertiary/aromatic N) is 4. The molecule has 6 nitrogen and oxygen atoms in total. The van der Waals surface area contributed by atoms with Crippen molar-refractivity contribution in [2.45, 2.75) is 11.7 Å². The lowest BCUT2D eigenvalue weighted by atomic mass is 10.3. The van der Waals surface area contributed by atoms with Gasteiger partial charge in [0.05, 0.1) is 12.1 Å². The lowest BCUT2D eigenvalue weighted by Crippen LogP contribution is -2.26. The van der Waals surface area contributed by atoms with E-state index in [0.29, 0.717) is 23.0 Å². The third-order valence-electron chi connectivity index (χ3n) is 2.29. The van der Waals surface area contributed by atoms with Crippen LogP contribution in [0.1, 0.15) is 16.1 Å². The second-order valence-corrected chi connectivity index (χ2v) is 4.38. The van der Waals surface area contributed by atoms with Gasteiger partial charge in [0.2, 0.25) is 0 Å². The van der Waals surface area contributed by atoms with Gasteiger partial charge in [-0.2, -0.15) is 0 Å². The van der Waals surface area contributed by atoms with Crippen LogP contribution in [0, 0.1) is 0 Å². The van der Waals surface area contributed by atoms with Crippen molar-refractivity contribution < 1.29 is 9.32 Å². The van der Waals surface area contributed by atoms with E-state index in [2.05, 4.69) is 15.1 Å². The van der Waals surface area contributed by atoms with E-state index >= 15 is 0 Å². The minimum atomic E-state index is -0.148. The molecule has 1 amide bonds. The third-order valence-corrected chi connectivity index (χ3v) is 2.87. The van der Waals surface area contributed by atoms with Gasteiger partial charge in [0.25, 0.3) is 5.91 Å². The molecule has 0 atom stereocenters. The number of thioether (sulfide) groups is 1. The van der Waals surface area contributed by atoms with Crippen molar-refractivity contribution in [3.05, 3.63) is 36.0 Å². The number of hydrogen-bond acceptors (Lipinski definition) is 6. The summed E-state index contributed by atoms with van der Waals surface area (Å²) in [6.07, 6.45) is 6.42. The van der Waals surface area contributed by atoms with Crippen molar-refractivity contribution in [2.75, 3.05) is 13.3 Å². The summed E-state index contributed by atoms with van der Waals surface area (Å²) >= 11 is 1.43. The van der Waals surface area contributed by atoms with E-state index in [1.165, 1.54) is 35.3 Å². The van der Waals surface area contributed by atoms with Crippen molar-refractivity contribution in [1.82, 2.24) is 20.0 Å². The Morgan fingerprint density at radius 1 is 1.44 bits per heavy atom. The number of hydrogen-bond donors (Lipinski definition) is 0. The zero-order chi connectivity index (χ0) is 13.0. The molecular weight excluding hydrogens is 252 g/mol. The lowest BCUT2D eigenvalue weighted by Gasteiger charge is -2.14. The van der Waals surface area contributed by atoms with Crippen LogP contribution in [0.3, 0.4) is 0 Å². The third kappa shape index (κ3) is 2.86. The van der Waals surface area contributed by atoms with Crippen LogP contribution in [0.15, 0.2) is 34.4 Å². The zero-order valence-corrected chi connectivity index (χ0v) is 10.8. The molecule has 0 aliphatic heterocycles. The first kappa shape index (κ1) is 12.6. The molecule has 0 radical (unpaired) electrons. The SMILES string of the molecule is CSc1ncc(C(=O)N(C)Cc2ccon2)cn1. The van der Waals surface area contributed by atoms with E-state index in [1.54, 1.807) is 13.1 Å². The van der Waals surface area contributed by atoms with Crippen LogP contribution in [0.4, 0.5) is 0 Å². The molecule has 18 heavy (non-hydrogen) atoms. The molecule has 2 aromatic rings. The maximum atomic E-state index is 12.1. The summed E-state index contributed by atoms with van der Waals surface area (Å²) in [6.45, 7) is 0.389. The van der Waals surface area contributed by atoms with Crippen molar-refractivity contribution in [1.29, 1.82) is 0 Å². The summed E-state index contributed by atoms with van der Waals surface area (Å²) in [5.74, 6) is -0.148. The summed E-state index contributed by atoms with van der Waals surface area (Å²) in [5, 5.41) is 4.40. The zero-order valence-electron chi connectivity index (χ0n) is 10.0. The molecule has 0 N–H and O–H groups in total. The summed E-state index contributed by atoms with van der Waals surface area (Å²) in [4.78, 5) is 21.7. The fourth-order valence-electron chi connectivity index (χ4n) is 1.39. The molecule has 0 fully saturated rings. The number of carbonyl (C=O) groups excluding carboxylic acids is 1. The van der Waals surface area contributed by atoms with Gasteiger partial charge < -0.3 is 9.42 Å². The maximum Gasteiger partial charge on any atom is 0.257 e. The molecule has 0 spiro atoms. The van der Waals surface area contributed by atoms with Crippen molar-refractivity contribution >= 4 is 17.7 Å². The van der Waals surface area contributed by atoms with Crippen LogP contribution >= 0.6 is 11.8 Å². The van der Waals surface area contributed by atoms with Crippen LogP contribution in [-0.2, 0) is 6.54 Å². The summed E-state index contributed by atoms with van der Waals surface area (Å²) < 4.78 is 4.72. The highest BCUT2D eigenvalue weighted by molar-refractivity contribution is 7.98. The van der Waals surface area contributed by atoms with Crippen LogP contribution in [0.5, 0.6) is 0 Å². The number of amides is 1. The summed E-state index contributed by atoms with van der Waals surface area (Å²) in [5.41, 5.74) is 1.16. The van der Waals surface area contributed by atoms with Gasteiger partial charge in [-0.25, -0.2) is 9.97 Å². The fourth-order valence-corrected chi connectivity index (χ4v) is 1.70. The molecule has 0 aliphatic rings. The molecule has 0 bridgehead atoms. The first-order valence-corrected chi connectivity index (χ1v) is 6.44. The van der Waals surface area contributed by atoms with Gasteiger partial charge in [-0.3, -0.25) is 4.79 Å². The summed E-state index contributed by atoms with van der Waals surface area (Å²) in [7, 11) is 1.69. The number of rotatable bonds is 4. The van der Waals surface area contributed by atoms with E-state index in [0.717, 1.165) is 0 Å². The molecule has 0 saturated carbocycles. The van der Waals surface area contributed by atoms with E-state index in [1.807, 2.05) is 6.26 Å². The first-order chi connectivity index (χ1) is 8.70. The molecule has 0 saturated heterocycles. The predicted octanol–water partition coefficient (Wildman–Crippen LogP) is 1.46. The molecule has 2 aromatic heterocycles. The van der Waals surface area contributed by atoms with Crippen LogP contribution in [0.2, 0.25) is 0 Å². The molecule has 0 aliphatic carbocycles. The Kier molecular flexibility index (Phi) is 3.93. The molecule has 94 valence electrons. The van der Waals surface area contributed by atoms with E-state index < -0.39 is 0 Å². The normalized spacial score (nSPS) is 10.3. The highest BCUT2D eigenvalue weighted by atomic mass is 32.2. The standard InChI is InChI=1S/C11H12N4O2S/c1-15(7-9-3-4-17-14-9)10(16)8-5-12-11(18-2)13-6-8/h3-6H,7H2,1-2H3. The molecule has 2 rings (SSSR count). The number of aromatic nitrogens is 3. The van der Waals surface area contributed by atoms with Gasteiger partial charge in [0.1, 0.15) is 12.0 Å². The smallest absolute Gasteiger partial charge is 0.257 e.